The van der Waals surface area contributed by atoms with Gasteiger partial charge in [0.05, 0.1) is 18.1 Å². The Morgan fingerprint density at radius 3 is 2.37 bits per heavy atom. The summed E-state index contributed by atoms with van der Waals surface area (Å²) in [5, 5.41) is 0. The van der Waals surface area contributed by atoms with Crippen molar-refractivity contribution in [3.8, 4) is 0 Å². The lowest BCUT2D eigenvalue weighted by molar-refractivity contribution is -0.119. The van der Waals surface area contributed by atoms with Gasteiger partial charge in [0.25, 0.3) is 0 Å². The van der Waals surface area contributed by atoms with Crippen molar-refractivity contribution in [2.75, 3.05) is 25.2 Å². The first-order valence-electron chi connectivity index (χ1n) is 9.05. The lowest BCUT2D eigenvalue weighted by atomic mass is 9.99. The zero-order chi connectivity index (χ0) is 19.4. The number of hydrogen-bond acceptors (Lipinski definition) is 4. The number of nitrogens with zero attached hydrogens (tertiary/aromatic N) is 1. The van der Waals surface area contributed by atoms with Gasteiger partial charge in [0, 0.05) is 25.8 Å². The van der Waals surface area contributed by atoms with Crippen molar-refractivity contribution in [1.82, 2.24) is 0 Å². The molecule has 0 bridgehead atoms. The van der Waals surface area contributed by atoms with Crippen LogP contribution in [0, 0.1) is 6.92 Å². The molecular weight excluding hydrogens is 362 g/mol. The molecule has 0 spiro atoms. The van der Waals surface area contributed by atoms with Gasteiger partial charge in [-0.3, -0.25) is 4.79 Å². The quantitative estimate of drug-likeness (QED) is 0.733. The molecule has 144 valence electrons. The number of hydrogen-bond donors (Lipinski definition) is 0. The molecular formula is C21H25NO4S. The van der Waals surface area contributed by atoms with Gasteiger partial charge in [0.1, 0.15) is 0 Å². The van der Waals surface area contributed by atoms with E-state index in [4.69, 9.17) is 4.74 Å². The summed E-state index contributed by atoms with van der Waals surface area (Å²) in [5.74, 6) is 0.113. The third-order valence-corrected chi connectivity index (χ3v) is 6.30. The molecule has 0 atom stereocenters. The van der Waals surface area contributed by atoms with E-state index < -0.39 is 9.84 Å². The predicted molar refractivity (Wildman–Crippen MR) is 106 cm³/mol. The van der Waals surface area contributed by atoms with Gasteiger partial charge in [-0.1, -0.05) is 42.0 Å². The average Bonchev–Trinajstić information content (AvgIpc) is 2.62. The standard InChI is InChI=1S/C21H25NO4S/c1-16-3-5-17(6-4-16)14-27(24,25)15-18-7-9-20-19(13-18)8-10-21(23)22(20)11-12-26-2/h3-7,9,13H,8,10-12,14-15H2,1-2H3. The summed E-state index contributed by atoms with van der Waals surface area (Å²) < 4.78 is 30.3. The van der Waals surface area contributed by atoms with Gasteiger partial charge < -0.3 is 9.64 Å². The van der Waals surface area contributed by atoms with E-state index in [2.05, 4.69) is 0 Å². The highest BCUT2D eigenvalue weighted by Gasteiger charge is 2.24. The molecule has 0 N–H and O–H groups in total. The fraction of sp³-hybridized carbons (Fsp3) is 0.381. The molecule has 1 aliphatic heterocycles. The SMILES string of the molecule is COCCN1C(=O)CCc2cc(CS(=O)(=O)Cc3ccc(C)cc3)ccc21. The normalized spacial score (nSPS) is 14.3. The minimum atomic E-state index is -3.27. The van der Waals surface area contributed by atoms with Crippen molar-refractivity contribution in [3.05, 3.63) is 64.7 Å². The average molecular weight is 388 g/mol. The first-order valence-corrected chi connectivity index (χ1v) is 10.9. The van der Waals surface area contributed by atoms with Crippen LogP contribution in [0.2, 0.25) is 0 Å². The van der Waals surface area contributed by atoms with E-state index in [-0.39, 0.29) is 17.4 Å². The van der Waals surface area contributed by atoms with Gasteiger partial charge in [-0.25, -0.2) is 8.42 Å². The summed E-state index contributed by atoms with van der Waals surface area (Å²) in [4.78, 5) is 13.9. The first-order chi connectivity index (χ1) is 12.9. The molecule has 0 aliphatic carbocycles. The summed E-state index contributed by atoms with van der Waals surface area (Å²) in [5.41, 5.74) is 4.56. The first kappa shape index (κ1) is 19.6. The van der Waals surface area contributed by atoms with Gasteiger partial charge in [0.2, 0.25) is 5.91 Å². The number of benzene rings is 2. The zero-order valence-corrected chi connectivity index (χ0v) is 16.6. The van der Waals surface area contributed by atoms with Crippen LogP contribution in [0.15, 0.2) is 42.5 Å². The van der Waals surface area contributed by atoms with E-state index in [0.29, 0.717) is 26.0 Å². The number of sulfone groups is 1. The Morgan fingerprint density at radius 2 is 1.67 bits per heavy atom. The van der Waals surface area contributed by atoms with Crippen LogP contribution in [0.3, 0.4) is 0 Å². The molecule has 0 aromatic heterocycles. The fourth-order valence-electron chi connectivity index (χ4n) is 3.37. The minimum Gasteiger partial charge on any atom is -0.383 e. The van der Waals surface area contributed by atoms with E-state index in [0.717, 1.165) is 27.9 Å². The smallest absolute Gasteiger partial charge is 0.227 e. The zero-order valence-electron chi connectivity index (χ0n) is 15.8. The largest absolute Gasteiger partial charge is 0.383 e. The molecule has 3 rings (SSSR count). The van der Waals surface area contributed by atoms with Crippen LogP contribution < -0.4 is 4.90 Å². The molecule has 0 fully saturated rings. The number of anilines is 1. The number of carbonyl (C=O) groups excluding carboxylic acids is 1. The second-order valence-corrected chi connectivity index (χ2v) is 9.08. The molecule has 0 saturated carbocycles. The minimum absolute atomic E-state index is 0.000173. The fourth-order valence-corrected chi connectivity index (χ4v) is 4.86. The maximum atomic E-state index is 12.6. The second kappa shape index (κ2) is 8.23. The molecule has 0 unspecified atom stereocenters. The lowest BCUT2D eigenvalue weighted by Gasteiger charge is -2.29. The lowest BCUT2D eigenvalue weighted by Crippen LogP contribution is -2.37. The molecule has 0 saturated heterocycles. The Bertz CT molecular complexity index is 920. The highest BCUT2D eigenvalue weighted by Crippen LogP contribution is 2.29. The maximum absolute atomic E-state index is 12.6. The van der Waals surface area contributed by atoms with E-state index in [1.54, 1.807) is 12.0 Å². The molecule has 1 heterocycles. The van der Waals surface area contributed by atoms with Crippen molar-refractivity contribution < 1.29 is 17.9 Å². The van der Waals surface area contributed by atoms with Crippen LogP contribution in [0.5, 0.6) is 0 Å². The predicted octanol–water partition coefficient (Wildman–Crippen LogP) is 3.04. The summed E-state index contributed by atoms with van der Waals surface area (Å²) in [6.07, 6.45) is 1.08. The summed E-state index contributed by atoms with van der Waals surface area (Å²) in [6, 6.07) is 13.2. The number of ether oxygens (including phenoxy) is 1. The molecule has 27 heavy (non-hydrogen) atoms. The third kappa shape index (κ3) is 4.96. The van der Waals surface area contributed by atoms with Crippen LogP contribution >= 0.6 is 0 Å². The Hall–Kier alpha value is -2.18. The van der Waals surface area contributed by atoms with E-state index in [9.17, 15) is 13.2 Å². The van der Waals surface area contributed by atoms with Gasteiger partial charge in [-0.2, -0.15) is 0 Å². The number of amides is 1. The maximum Gasteiger partial charge on any atom is 0.227 e. The van der Waals surface area contributed by atoms with Crippen LogP contribution in [0.25, 0.3) is 0 Å². The summed E-state index contributed by atoms with van der Waals surface area (Å²) in [6.45, 7) is 2.96. The molecule has 6 heteroatoms. The number of methoxy groups -OCH3 is 1. The van der Waals surface area contributed by atoms with Crippen LogP contribution in [0.1, 0.15) is 28.7 Å². The molecule has 2 aromatic rings. The van der Waals surface area contributed by atoms with Crippen molar-refractivity contribution >= 4 is 21.4 Å². The van der Waals surface area contributed by atoms with Crippen molar-refractivity contribution in [2.45, 2.75) is 31.3 Å². The second-order valence-electron chi connectivity index (χ2n) is 7.02. The van der Waals surface area contributed by atoms with Crippen LogP contribution in [-0.2, 0) is 37.3 Å². The topological polar surface area (TPSA) is 63.7 Å². The van der Waals surface area contributed by atoms with Crippen LogP contribution in [-0.4, -0.2) is 34.6 Å². The molecule has 1 amide bonds. The highest BCUT2D eigenvalue weighted by atomic mass is 32.2. The molecule has 1 aliphatic rings. The van der Waals surface area contributed by atoms with Gasteiger partial charge in [-0.05, 0) is 36.1 Å². The third-order valence-electron chi connectivity index (χ3n) is 4.76. The monoisotopic (exact) mass is 387 g/mol. The molecule has 5 nitrogen and oxygen atoms in total. The Morgan fingerprint density at radius 1 is 1.00 bits per heavy atom. The Labute approximate surface area is 160 Å². The van der Waals surface area contributed by atoms with Crippen molar-refractivity contribution in [2.24, 2.45) is 0 Å². The van der Waals surface area contributed by atoms with E-state index >= 15 is 0 Å². The van der Waals surface area contributed by atoms with E-state index in [1.165, 1.54) is 0 Å². The number of aryl methyl sites for hydroxylation is 2. The molecule has 2 aromatic carbocycles. The van der Waals surface area contributed by atoms with Crippen molar-refractivity contribution in [1.29, 1.82) is 0 Å². The Kier molecular flexibility index (Phi) is 5.97. The van der Waals surface area contributed by atoms with E-state index in [1.807, 2.05) is 49.4 Å². The van der Waals surface area contributed by atoms with Crippen molar-refractivity contribution in [3.63, 3.8) is 0 Å². The summed E-state index contributed by atoms with van der Waals surface area (Å²) >= 11 is 0. The summed E-state index contributed by atoms with van der Waals surface area (Å²) in [7, 11) is -1.66. The van der Waals surface area contributed by atoms with Gasteiger partial charge in [-0.15, -0.1) is 0 Å². The number of rotatable bonds is 7. The number of fused-ring (bicyclic) bond motifs is 1. The Balaban J connectivity index is 1.76. The van der Waals surface area contributed by atoms with Gasteiger partial charge in [0.15, 0.2) is 9.84 Å². The van der Waals surface area contributed by atoms with Gasteiger partial charge >= 0.3 is 0 Å². The highest BCUT2D eigenvalue weighted by molar-refractivity contribution is 7.89. The van der Waals surface area contributed by atoms with Crippen LogP contribution in [0.4, 0.5) is 5.69 Å². The molecule has 0 radical (unpaired) electrons. The number of carbonyl (C=O) groups is 1.